The molecular formula is C17H19N3OS. The maximum absolute atomic E-state index is 6.31. The van der Waals surface area contributed by atoms with Gasteiger partial charge in [-0.05, 0) is 31.2 Å². The molecule has 3 heterocycles. The molecule has 1 aromatic heterocycles. The number of rotatable bonds is 2. The molecule has 2 aliphatic rings. The number of hydrogen-bond acceptors (Lipinski definition) is 5. The van der Waals surface area contributed by atoms with Crippen LogP contribution in [-0.4, -0.2) is 34.2 Å². The van der Waals surface area contributed by atoms with Gasteiger partial charge in [0.2, 0.25) is 0 Å². The van der Waals surface area contributed by atoms with E-state index in [1.54, 1.807) is 11.8 Å². The fourth-order valence-corrected chi connectivity index (χ4v) is 3.58. The van der Waals surface area contributed by atoms with Crippen molar-refractivity contribution in [1.82, 2.24) is 14.9 Å². The maximum Gasteiger partial charge on any atom is 0.187 e. The Bertz CT molecular complexity index is 685. The van der Waals surface area contributed by atoms with Gasteiger partial charge in [-0.15, -0.1) is 0 Å². The van der Waals surface area contributed by atoms with Gasteiger partial charge in [0.05, 0.1) is 11.3 Å². The van der Waals surface area contributed by atoms with Crippen LogP contribution in [-0.2, 0) is 0 Å². The fraction of sp³-hybridized carbons (Fsp3) is 0.412. The number of piperidine rings is 1. The number of likely N-dealkylation sites (tertiary alicyclic amines) is 1. The summed E-state index contributed by atoms with van der Waals surface area (Å²) in [5, 5.41) is 0.813. The molecule has 22 heavy (non-hydrogen) atoms. The highest BCUT2D eigenvalue weighted by Crippen LogP contribution is 2.43. The first-order valence-corrected chi connectivity index (χ1v) is 9.00. The van der Waals surface area contributed by atoms with Gasteiger partial charge in [0.25, 0.3) is 0 Å². The lowest BCUT2D eigenvalue weighted by molar-refractivity contribution is 0.00807. The Labute approximate surface area is 134 Å². The van der Waals surface area contributed by atoms with Gasteiger partial charge in [0.1, 0.15) is 5.75 Å². The molecule has 0 radical (unpaired) electrons. The number of nitrogens with zero attached hydrogens (tertiary/aromatic N) is 3. The molecule has 4 nitrogen and oxygen atoms in total. The summed E-state index contributed by atoms with van der Waals surface area (Å²) in [7, 11) is 0. The summed E-state index contributed by atoms with van der Waals surface area (Å²) in [6.07, 6.45) is 7.69. The third-order valence-electron chi connectivity index (χ3n) is 4.35. The van der Waals surface area contributed by atoms with Crippen molar-refractivity contribution in [2.45, 2.75) is 30.6 Å². The van der Waals surface area contributed by atoms with E-state index in [0.29, 0.717) is 0 Å². The lowest BCUT2D eigenvalue weighted by Crippen LogP contribution is -2.38. The van der Waals surface area contributed by atoms with Gasteiger partial charge in [-0.1, -0.05) is 30.3 Å². The lowest BCUT2D eigenvalue weighted by atomic mass is 10.0. The second-order valence-electron chi connectivity index (χ2n) is 5.72. The minimum absolute atomic E-state index is 0.0545. The quantitative estimate of drug-likeness (QED) is 0.624. The first-order valence-electron chi connectivity index (χ1n) is 7.78. The van der Waals surface area contributed by atoms with E-state index in [1.165, 1.54) is 19.3 Å². The van der Waals surface area contributed by atoms with Gasteiger partial charge < -0.3 is 4.74 Å². The van der Waals surface area contributed by atoms with E-state index in [0.717, 1.165) is 40.8 Å². The Morgan fingerprint density at radius 2 is 2.00 bits per heavy atom. The maximum atomic E-state index is 6.31. The minimum Gasteiger partial charge on any atom is -0.470 e. The van der Waals surface area contributed by atoms with Crippen LogP contribution in [0.4, 0.5) is 0 Å². The van der Waals surface area contributed by atoms with E-state index in [-0.39, 0.29) is 6.23 Å². The molecule has 2 aromatic rings. The van der Waals surface area contributed by atoms with Gasteiger partial charge in [-0.3, -0.25) is 4.90 Å². The number of benzene rings is 1. The molecule has 1 fully saturated rings. The second-order valence-corrected chi connectivity index (χ2v) is 6.50. The van der Waals surface area contributed by atoms with Crippen LogP contribution in [0.2, 0.25) is 0 Å². The highest BCUT2D eigenvalue weighted by Gasteiger charge is 2.32. The van der Waals surface area contributed by atoms with Gasteiger partial charge in [-0.2, -0.15) is 0 Å². The summed E-state index contributed by atoms with van der Waals surface area (Å²) >= 11 is 1.58. The standard InChI is InChI=1S/C17H19N3OS/c1-22-17-18-11-13-15(19-17)12-7-3-4-8-14(12)21-16(13)20-9-5-2-6-10-20/h3-4,7-8,11,16H,2,5-6,9-10H2,1H3/t16-/m0/s1. The number of ether oxygens (including phenoxy) is 1. The molecule has 114 valence electrons. The molecule has 0 bridgehead atoms. The van der Waals surface area contributed by atoms with Crippen molar-refractivity contribution in [2.75, 3.05) is 19.3 Å². The van der Waals surface area contributed by atoms with Crippen LogP contribution in [0, 0.1) is 0 Å². The topological polar surface area (TPSA) is 38.3 Å². The molecule has 0 spiro atoms. The van der Waals surface area contributed by atoms with Crippen LogP contribution < -0.4 is 4.74 Å². The van der Waals surface area contributed by atoms with Gasteiger partial charge in [0.15, 0.2) is 11.4 Å². The molecule has 5 heteroatoms. The predicted molar refractivity (Wildman–Crippen MR) is 88.0 cm³/mol. The summed E-state index contributed by atoms with van der Waals surface area (Å²) in [6, 6.07) is 8.18. The molecule has 2 aliphatic heterocycles. The average molecular weight is 313 g/mol. The number of para-hydroxylation sites is 1. The van der Waals surface area contributed by atoms with Crippen LogP contribution in [0.3, 0.4) is 0 Å². The smallest absolute Gasteiger partial charge is 0.187 e. The highest BCUT2D eigenvalue weighted by molar-refractivity contribution is 7.98. The Hall–Kier alpha value is -1.59. The van der Waals surface area contributed by atoms with Crippen molar-refractivity contribution < 1.29 is 4.74 Å². The number of thioether (sulfide) groups is 1. The third-order valence-corrected chi connectivity index (χ3v) is 4.91. The molecule has 1 saturated heterocycles. The Balaban J connectivity index is 1.81. The third kappa shape index (κ3) is 2.38. The zero-order chi connectivity index (χ0) is 14.9. The highest BCUT2D eigenvalue weighted by atomic mass is 32.2. The zero-order valence-corrected chi connectivity index (χ0v) is 13.5. The fourth-order valence-electron chi connectivity index (χ4n) is 3.24. The molecule has 0 aliphatic carbocycles. The van der Waals surface area contributed by atoms with E-state index in [4.69, 9.17) is 9.72 Å². The van der Waals surface area contributed by atoms with Crippen molar-refractivity contribution in [3.63, 3.8) is 0 Å². The summed E-state index contributed by atoms with van der Waals surface area (Å²) in [5.41, 5.74) is 3.19. The van der Waals surface area contributed by atoms with Gasteiger partial charge in [0, 0.05) is 24.8 Å². The van der Waals surface area contributed by atoms with Crippen LogP contribution in [0.1, 0.15) is 31.1 Å². The van der Waals surface area contributed by atoms with Crippen LogP contribution in [0.15, 0.2) is 35.6 Å². The first kappa shape index (κ1) is 14.0. The molecule has 1 aromatic carbocycles. The number of aromatic nitrogens is 2. The molecule has 0 saturated carbocycles. The SMILES string of the molecule is CSc1ncc2c(n1)-c1ccccc1O[C@@H]2N1CCCCC1. The Morgan fingerprint density at radius 3 is 2.82 bits per heavy atom. The second kappa shape index (κ2) is 5.89. The summed E-state index contributed by atoms with van der Waals surface area (Å²) in [4.78, 5) is 11.7. The van der Waals surface area contributed by atoms with Gasteiger partial charge in [-0.25, -0.2) is 9.97 Å². The average Bonchev–Trinajstić information content (AvgIpc) is 2.61. The van der Waals surface area contributed by atoms with E-state index in [2.05, 4.69) is 16.0 Å². The molecule has 0 unspecified atom stereocenters. The lowest BCUT2D eigenvalue weighted by Gasteiger charge is -2.37. The normalized spacial score (nSPS) is 20.9. The summed E-state index contributed by atoms with van der Waals surface area (Å²) < 4.78 is 6.31. The van der Waals surface area contributed by atoms with Crippen molar-refractivity contribution in [3.05, 3.63) is 36.0 Å². The van der Waals surface area contributed by atoms with E-state index in [1.807, 2.05) is 30.7 Å². The van der Waals surface area contributed by atoms with E-state index >= 15 is 0 Å². The zero-order valence-electron chi connectivity index (χ0n) is 12.7. The van der Waals surface area contributed by atoms with Crippen LogP contribution in [0.5, 0.6) is 5.75 Å². The first-order chi connectivity index (χ1) is 10.9. The van der Waals surface area contributed by atoms with E-state index < -0.39 is 0 Å². The monoisotopic (exact) mass is 313 g/mol. The number of fused-ring (bicyclic) bond motifs is 3. The summed E-state index contributed by atoms with van der Waals surface area (Å²) in [6.45, 7) is 2.16. The molecule has 4 rings (SSSR count). The van der Waals surface area contributed by atoms with Crippen LogP contribution in [0.25, 0.3) is 11.3 Å². The predicted octanol–water partition coefficient (Wildman–Crippen LogP) is 3.74. The van der Waals surface area contributed by atoms with Crippen molar-refractivity contribution >= 4 is 11.8 Å². The van der Waals surface area contributed by atoms with Crippen LogP contribution >= 0.6 is 11.8 Å². The van der Waals surface area contributed by atoms with Crippen molar-refractivity contribution in [1.29, 1.82) is 0 Å². The molecule has 1 atom stereocenters. The Morgan fingerprint density at radius 1 is 1.18 bits per heavy atom. The van der Waals surface area contributed by atoms with Crippen molar-refractivity contribution in [3.8, 4) is 17.0 Å². The Kier molecular flexibility index (Phi) is 3.76. The number of hydrogen-bond donors (Lipinski definition) is 0. The molecule has 0 amide bonds. The molecule has 0 N–H and O–H groups in total. The minimum atomic E-state index is -0.0545. The summed E-state index contributed by atoms with van der Waals surface area (Å²) in [5.74, 6) is 0.927. The largest absolute Gasteiger partial charge is 0.470 e. The van der Waals surface area contributed by atoms with Gasteiger partial charge >= 0.3 is 0 Å². The molecular weight excluding hydrogens is 294 g/mol. The van der Waals surface area contributed by atoms with Crippen molar-refractivity contribution in [2.24, 2.45) is 0 Å². The van der Waals surface area contributed by atoms with E-state index in [9.17, 15) is 0 Å².